The summed E-state index contributed by atoms with van der Waals surface area (Å²) >= 11 is 1.55. The van der Waals surface area contributed by atoms with Crippen LogP contribution in [0.5, 0.6) is 0 Å². The molecule has 1 aliphatic heterocycles. The van der Waals surface area contributed by atoms with Gasteiger partial charge >= 0.3 is 0 Å². The Balaban J connectivity index is 1.59. The summed E-state index contributed by atoms with van der Waals surface area (Å²) in [6, 6.07) is 10.0. The first-order chi connectivity index (χ1) is 12.9. The van der Waals surface area contributed by atoms with E-state index < -0.39 is 16.3 Å². The van der Waals surface area contributed by atoms with Gasteiger partial charge in [-0.15, -0.1) is 11.3 Å². The number of hydrogen-bond acceptors (Lipinski definition) is 5. The first-order valence-electron chi connectivity index (χ1n) is 9.11. The minimum atomic E-state index is -3.01. The van der Waals surface area contributed by atoms with Crippen LogP contribution >= 0.6 is 11.3 Å². The summed E-state index contributed by atoms with van der Waals surface area (Å²) in [7, 11) is -3.01. The van der Waals surface area contributed by atoms with Gasteiger partial charge in [0.25, 0.3) is 6.43 Å². The fourth-order valence-corrected chi connectivity index (χ4v) is 5.66. The molecule has 1 aromatic heterocycles. The van der Waals surface area contributed by atoms with Crippen molar-refractivity contribution in [3.63, 3.8) is 0 Å². The SMILES string of the molecule is O=S1(=O)CCC(N(Cc2csc(CCc3ccccc3)n2)CC(F)F)CC1. The van der Waals surface area contributed by atoms with Gasteiger partial charge in [-0.3, -0.25) is 4.90 Å². The molecule has 0 N–H and O–H groups in total. The molecule has 27 heavy (non-hydrogen) atoms. The lowest BCUT2D eigenvalue weighted by Crippen LogP contribution is -2.43. The third kappa shape index (κ3) is 6.33. The monoisotopic (exact) mass is 414 g/mol. The van der Waals surface area contributed by atoms with Crippen LogP contribution in [-0.4, -0.2) is 48.8 Å². The Labute approximate surface area is 163 Å². The summed E-state index contributed by atoms with van der Waals surface area (Å²) in [6.07, 6.45) is 0.111. The molecule has 0 bridgehead atoms. The van der Waals surface area contributed by atoms with Crippen LogP contribution in [0.4, 0.5) is 8.78 Å². The Morgan fingerprint density at radius 1 is 1.15 bits per heavy atom. The normalized spacial score (nSPS) is 17.6. The molecule has 2 aromatic rings. The van der Waals surface area contributed by atoms with E-state index in [0.717, 1.165) is 23.5 Å². The highest BCUT2D eigenvalue weighted by Gasteiger charge is 2.29. The van der Waals surface area contributed by atoms with E-state index in [1.54, 1.807) is 16.2 Å². The molecule has 4 nitrogen and oxygen atoms in total. The van der Waals surface area contributed by atoms with Gasteiger partial charge in [-0.25, -0.2) is 22.2 Å². The van der Waals surface area contributed by atoms with Crippen molar-refractivity contribution >= 4 is 21.2 Å². The number of nitrogens with zero attached hydrogens (tertiary/aromatic N) is 2. The van der Waals surface area contributed by atoms with Crippen molar-refractivity contribution in [2.45, 2.75) is 44.7 Å². The number of benzene rings is 1. The fraction of sp³-hybridized carbons (Fsp3) is 0.526. The molecular weight excluding hydrogens is 390 g/mol. The third-order valence-corrected chi connectivity index (χ3v) is 7.52. The van der Waals surface area contributed by atoms with Crippen molar-refractivity contribution < 1.29 is 17.2 Å². The quantitative estimate of drug-likeness (QED) is 0.663. The predicted molar refractivity (Wildman–Crippen MR) is 104 cm³/mol. The second-order valence-corrected chi connectivity index (χ2v) is 10.2. The summed E-state index contributed by atoms with van der Waals surface area (Å²) in [4.78, 5) is 6.31. The second kappa shape index (κ2) is 9.21. The van der Waals surface area contributed by atoms with Crippen LogP contribution in [0.1, 0.15) is 29.1 Å². The van der Waals surface area contributed by atoms with Crippen LogP contribution in [0.15, 0.2) is 35.7 Å². The van der Waals surface area contributed by atoms with E-state index in [0.29, 0.717) is 19.4 Å². The third-order valence-electron chi connectivity index (χ3n) is 4.85. The maximum Gasteiger partial charge on any atom is 0.251 e. The number of halogens is 2. The van der Waals surface area contributed by atoms with Crippen LogP contribution in [0.3, 0.4) is 0 Å². The van der Waals surface area contributed by atoms with Crippen LogP contribution in [0.25, 0.3) is 0 Å². The van der Waals surface area contributed by atoms with Crippen molar-refractivity contribution in [1.82, 2.24) is 9.88 Å². The van der Waals surface area contributed by atoms with E-state index in [4.69, 9.17) is 0 Å². The molecule has 0 unspecified atom stereocenters. The van der Waals surface area contributed by atoms with Gasteiger partial charge in [-0.2, -0.15) is 0 Å². The Kier molecular flexibility index (Phi) is 6.94. The molecule has 1 aliphatic rings. The Bertz CT molecular complexity index is 811. The molecule has 0 amide bonds. The number of alkyl halides is 2. The number of thiazole rings is 1. The first kappa shape index (κ1) is 20.4. The van der Waals surface area contributed by atoms with Crippen molar-refractivity contribution in [2.75, 3.05) is 18.1 Å². The van der Waals surface area contributed by atoms with Gasteiger partial charge in [0, 0.05) is 24.4 Å². The minimum absolute atomic E-state index is 0.0802. The standard InChI is InChI=1S/C19H24F2N2O2S2/c20-18(21)13-23(17-8-10-27(24,25)11-9-17)12-16-14-26-19(22-16)7-6-15-4-2-1-3-5-15/h1-5,14,17-18H,6-13H2. The zero-order chi connectivity index (χ0) is 19.3. The van der Waals surface area contributed by atoms with Crippen molar-refractivity contribution in [1.29, 1.82) is 0 Å². The summed E-state index contributed by atoms with van der Waals surface area (Å²) in [5.74, 6) is 0.160. The molecule has 3 rings (SSSR count). The van der Waals surface area contributed by atoms with Crippen LogP contribution < -0.4 is 0 Å². The van der Waals surface area contributed by atoms with E-state index in [1.807, 2.05) is 23.6 Å². The molecule has 0 radical (unpaired) electrons. The fourth-order valence-electron chi connectivity index (χ4n) is 3.40. The summed E-state index contributed by atoms with van der Waals surface area (Å²) < 4.78 is 49.3. The molecule has 0 spiro atoms. The lowest BCUT2D eigenvalue weighted by Gasteiger charge is -2.33. The molecule has 8 heteroatoms. The minimum Gasteiger partial charge on any atom is -0.289 e. The molecule has 1 saturated heterocycles. The second-order valence-electron chi connectivity index (χ2n) is 6.92. The van der Waals surface area contributed by atoms with Crippen molar-refractivity contribution in [3.05, 3.63) is 52.0 Å². The van der Waals surface area contributed by atoms with Crippen LogP contribution in [-0.2, 0) is 29.2 Å². The van der Waals surface area contributed by atoms with Crippen LogP contribution in [0.2, 0.25) is 0 Å². The number of sulfone groups is 1. The summed E-state index contributed by atoms with van der Waals surface area (Å²) in [5.41, 5.74) is 2.04. The average molecular weight is 415 g/mol. The van der Waals surface area contributed by atoms with Gasteiger partial charge in [0.05, 0.1) is 28.8 Å². The van der Waals surface area contributed by atoms with Gasteiger partial charge in [0.15, 0.2) is 0 Å². The van der Waals surface area contributed by atoms with Crippen LogP contribution in [0, 0.1) is 0 Å². The zero-order valence-corrected chi connectivity index (χ0v) is 16.7. The molecule has 0 aliphatic carbocycles. The largest absolute Gasteiger partial charge is 0.289 e. The maximum atomic E-state index is 13.0. The molecule has 1 fully saturated rings. The lowest BCUT2D eigenvalue weighted by atomic mass is 10.1. The zero-order valence-electron chi connectivity index (χ0n) is 15.1. The number of rotatable bonds is 8. The predicted octanol–water partition coefficient (Wildman–Crippen LogP) is 3.57. The molecule has 0 saturated carbocycles. The van der Waals surface area contributed by atoms with E-state index in [-0.39, 0.29) is 24.1 Å². The summed E-state index contributed by atoms with van der Waals surface area (Å²) in [6.45, 7) is -0.00151. The molecule has 148 valence electrons. The van der Waals surface area contributed by atoms with Gasteiger partial charge < -0.3 is 0 Å². The van der Waals surface area contributed by atoms with E-state index in [1.165, 1.54) is 5.56 Å². The topological polar surface area (TPSA) is 50.3 Å². The highest BCUT2D eigenvalue weighted by atomic mass is 32.2. The number of hydrogen-bond donors (Lipinski definition) is 0. The Morgan fingerprint density at radius 2 is 1.85 bits per heavy atom. The van der Waals surface area contributed by atoms with E-state index in [2.05, 4.69) is 17.1 Å². The smallest absolute Gasteiger partial charge is 0.251 e. The van der Waals surface area contributed by atoms with Gasteiger partial charge in [-0.1, -0.05) is 30.3 Å². The van der Waals surface area contributed by atoms with Gasteiger partial charge in [0.1, 0.15) is 9.84 Å². The molecule has 1 aromatic carbocycles. The first-order valence-corrected chi connectivity index (χ1v) is 11.8. The molecular formula is C19H24F2N2O2S2. The average Bonchev–Trinajstić information content (AvgIpc) is 3.07. The number of aromatic nitrogens is 1. The molecule has 2 heterocycles. The van der Waals surface area contributed by atoms with Crippen molar-refractivity contribution in [3.8, 4) is 0 Å². The highest BCUT2D eigenvalue weighted by molar-refractivity contribution is 7.91. The summed E-state index contributed by atoms with van der Waals surface area (Å²) in [5, 5.41) is 2.93. The van der Waals surface area contributed by atoms with E-state index >= 15 is 0 Å². The molecule has 0 atom stereocenters. The van der Waals surface area contributed by atoms with Gasteiger partial charge in [-0.05, 0) is 24.8 Å². The number of aryl methyl sites for hydroxylation is 2. The van der Waals surface area contributed by atoms with Crippen molar-refractivity contribution in [2.24, 2.45) is 0 Å². The lowest BCUT2D eigenvalue weighted by molar-refractivity contribution is 0.0571. The highest BCUT2D eigenvalue weighted by Crippen LogP contribution is 2.22. The van der Waals surface area contributed by atoms with E-state index in [9.17, 15) is 17.2 Å². The Morgan fingerprint density at radius 3 is 2.52 bits per heavy atom. The Hall–Kier alpha value is -1.38. The van der Waals surface area contributed by atoms with Gasteiger partial charge in [0.2, 0.25) is 0 Å². The maximum absolute atomic E-state index is 13.0.